The summed E-state index contributed by atoms with van der Waals surface area (Å²) in [6, 6.07) is 4.31. The normalized spacial score (nSPS) is 12.9. The maximum Gasteiger partial charge on any atom is 0.191 e. The van der Waals surface area contributed by atoms with Gasteiger partial charge in [-0.15, -0.1) is 22.7 Å². The molecule has 24 heavy (non-hydrogen) atoms. The lowest BCUT2D eigenvalue weighted by Gasteiger charge is -2.15. The fourth-order valence-electron chi connectivity index (χ4n) is 2.19. The lowest BCUT2D eigenvalue weighted by atomic mass is 10.1. The number of thiophene rings is 1. The third-order valence-corrected chi connectivity index (χ3v) is 5.37. The summed E-state index contributed by atoms with van der Waals surface area (Å²) in [4.78, 5) is 12.7. The van der Waals surface area contributed by atoms with E-state index in [0.717, 1.165) is 36.3 Å². The van der Waals surface area contributed by atoms with Gasteiger partial charge in [-0.1, -0.05) is 13.0 Å². The Morgan fingerprint density at radius 1 is 1.33 bits per heavy atom. The first-order chi connectivity index (χ1) is 11.6. The molecule has 7 heteroatoms. The van der Waals surface area contributed by atoms with Gasteiger partial charge in [-0.3, -0.25) is 0 Å². The van der Waals surface area contributed by atoms with Gasteiger partial charge in [-0.05, 0) is 30.7 Å². The quantitative estimate of drug-likeness (QED) is 0.557. The van der Waals surface area contributed by atoms with Crippen molar-refractivity contribution in [3.8, 4) is 0 Å². The topological polar surface area (TPSA) is 52.6 Å². The number of thiazole rings is 1. The molecule has 132 valence electrons. The first-order valence-corrected chi connectivity index (χ1v) is 10.0. The molecule has 2 aromatic rings. The zero-order valence-corrected chi connectivity index (χ0v) is 16.5. The highest BCUT2D eigenvalue weighted by Gasteiger charge is 2.07. The van der Waals surface area contributed by atoms with Gasteiger partial charge < -0.3 is 15.5 Å². The molecule has 2 heterocycles. The van der Waals surface area contributed by atoms with Crippen molar-refractivity contribution < 1.29 is 0 Å². The van der Waals surface area contributed by atoms with E-state index in [-0.39, 0.29) is 0 Å². The van der Waals surface area contributed by atoms with Crippen LogP contribution in [0.4, 0.5) is 5.13 Å². The van der Waals surface area contributed by atoms with Gasteiger partial charge in [0.15, 0.2) is 11.1 Å². The summed E-state index contributed by atoms with van der Waals surface area (Å²) in [5.41, 5.74) is 1.01. The zero-order chi connectivity index (χ0) is 17.4. The number of aromatic nitrogens is 1. The molecular formula is C17H27N5S2. The number of aliphatic imine (C=N–C) groups is 1. The van der Waals surface area contributed by atoms with Crippen LogP contribution in [0.1, 0.15) is 24.4 Å². The number of hydrogen-bond donors (Lipinski definition) is 2. The summed E-state index contributed by atoms with van der Waals surface area (Å²) in [5.74, 6) is 1.42. The molecule has 0 fully saturated rings. The van der Waals surface area contributed by atoms with Crippen LogP contribution in [0, 0.1) is 5.92 Å². The maximum atomic E-state index is 4.65. The lowest BCUT2D eigenvalue weighted by Crippen LogP contribution is -2.39. The Morgan fingerprint density at radius 2 is 2.17 bits per heavy atom. The van der Waals surface area contributed by atoms with E-state index in [1.54, 1.807) is 11.3 Å². The molecule has 0 aromatic carbocycles. The summed E-state index contributed by atoms with van der Waals surface area (Å²) in [6.07, 6.45) is 1.10. The molecule has 0 bridgehead atoms. The van der Waals surface area contributed by atoms with Crippen LogP contribution in [-0.4, -0.2) is 38.1 Å². The Balaban J connectivity index is 1.85. The van der Waals surface area contributed by atoms with Crippen molar-refractivity contribution >= 4 is 33.8 Å². The van der Waals surface area contributed by atoms with Gasteiger partial charge in [-0.25, -0.2) is 9.98 Å². The monoisotopic (exact) mass is 365 g/mol. The van der Waals surface area contributed by atoms with Crippen LogP contribution in [0.15, 0.2) is 27.9 Å². The Kier molecular flexibility index (Phi) is 7.52. The second kappa shape index (κ2) is 9.64. The molecule has 0 aliphatic rings. The molecule has 0 saturated heterocycles. The van der Waals surface area contributed by atoms with E-state index in [1.807, 2.05) is 30.3 Å². The van der Waals surface area contributed by atoms with Crippen molar-refractivity contribution in [2.45, 2.75) is 26.8 Å². The smallest absolute Gasteiger partial charge is 0.191 e. The SMILES string of the molecule is CCNC(=NCc1csc(N(C)C)n1)NCC(C)Cc1cccs1. The number of guanidine groups is 1. The third-order valence-electron chi connectivity index (χ3n) is 3.41. The van der Waals surface area contributed by atoms with E-state index in [4.69, 9.17) is 0 Å². The van der Waals surface area contributed by atoms with Gasteiger partial charge in [0.25, 0.3) is 0 Å². The molecule has 0 amide bonds. The van der Waals surface area contributed by atoms with Crippen LogP contribution in [0.25, 0.3) is 0 Å². The van der Waals surface area contributed by atoms with Crippen molar-refractivity contribution in [1.29, 1.82) is 0 Å². The van der Waals surface area contributed by atoms with Gasteiger partial charge in [0.2, 0.25) is 0 Å². The molecule has 0 aliphatic heterocycles. The van der Waals surface area contributed by atoms with E-state index < -0.39 is 0 Å². The minimum absolute atomic E-state index is 0.562. The van der Waals surface area contributed by atoms with E-state index in [9.17, 15) is 0 Å². The fraction of sp³-hybridized carbons (Fsp3) is 0.529. The number of rotatable bonds is 8. The number of anilines is 1. The van der Waals surface area contributed by atoms with Crippen molar-refractivity contribution in [1.82, 2.24) is 15.6 Å². The molecule has 5 nitrogen and oxygen atoms in total. The van der Waals surface area contributed by atoms with Crippen molar-refractivity contribution in [3.05, 3.63) is 33.5 Å². The van der Waals surface area contributed by atoms with Crippen LogP contribution in [0.3, 0.4) is 0 Å². The second-order valence-corrected chi connectivity index (χ2v) is 7.85. The van der Waals surface area contributed by atoms with Gasteiger partial charge in [0.05, 0.1) is 12.2 Å². The first kappa shape index (κ1) is 18.7. The molecule has 1 unspecified atom stereocenters. The molecule has 2 aromatic heterocycles. The van der Waals surface area contributed by atoms with E-state index in [1.165, 1.54) is 4.88 Å². The Hall–Kier alpha value is -1.60. The average molecular weight is 366 g/mol. The molecule has 2 N–H and O–H groups in total. The third kappa shape index (κ3) is 6.13. The summed E-state index contributed by atoms with van der Waals surface area (Å²) in [5, 5.41) is 12.0. The standard InChI is InChI=1S/C17H27N5S2/c1-5-18-16(19-10-13(2)9-15-7-6-8-23-15)20-11-14-12-24-17(21-14)22(3)4/h6-8,12-13H,5,9-11H2,1-4H3,(H2,18,19,20). The van der Waals surface area contributed by atoms with Crippen molar-refractivity contribution in [3.63, 3.8) is 0 Å². The Labute approximate surface area is 152 Å². The van der Waals surface area contributed by atoms with Crippen molar-refractivity contribution in [2.75, 3.05) is 32.1 Å². The van der Waals surface area contributed by atoms with E-state index in [0.29, 0.717) is 12.5 Å². The lowest BCUT2D eigenvalue weighted by molar-refractivity contribution is 0.562. The molecule has 0 radical (unpaired) electrons. The zero-order valence-electron chi connectivity index (χ0n) is 14.9. The largest absolute Gasteiger partial charge is 0.357 e. The summed E-state index contributed by atoms with van der Waals surface area (Å²) in [7, 11) is 4.01. The van der Waals surface area contributed by atoms with Crippen LogP contribution >= 0.6 is 22.7 Å². The van der Waals surface area contributed by atoms with Crippen LogP contribution < -0.4 is 15.5 Å². The predicted octanol–water partition coefficient (Wildman–Crippen LogP) is 3.20. The number of nitrogens with zero attached hydrogens (tertiary/aromatic N) is 3. The minimum Gasteiger partial charge on any atom is -0.357 e. The van der Waals surface area contributed by atoms with Crippen LogP contribution in [0.2, 0.25) is 0 Å². The van der Waals surface area contributed by atoms with Crippen LogP contribution in [-0.2, 0) is 13.0 Å². The highest BCUT2D eigenvalue weighted by Crippen LogP contribution is 2.18. The van der Waals surface area contributed by atoms with Gasteiger partial charge >= 0.3 is 0 Å². The Morgan fingerprint density at radius 3 is 2.79 bits per heavy atom. The highest BCUT2D eigenvalue weighted by atomic mass is 32.1. The van der Waals surface area contributed by atoms with Gasteiger partial charge in [0.1, 0.15) is 0 Å². The molecule has 2 rings (SSSR count). The van der Waals surface area contributed by atoms with Gasteiger partial charge in [-0.2, -0.15) is 0 Å². The fourth-order valence-corrected chi connectivity index (χ4v) is 3.81. The molecular weight excluding hydrogens is 338 g/mol. The molecule has 0 spiro atoms. The van der Waals surface area contributed by atoms with Crippen molar-refractivity contribution in [2.24, 2.45) is 10.9 Å². The summed E-state index contributed by atoms with van der Waals surface area (Å²) in [6.45, 7) is 6.70. The predicted molar refractivity (Wildman–Crippen MR) is 106 cm³/mol. The molecule has 0 aliphatic carbocycles. The summed E-state index contributed by atoms with van der Waals surface area (Å²) >= 11 is 3.47. The van der Waals surface area contributed by atoms with E-state index >= 15 is 0 Å². The van der Waals surface area contributed by atoms with Crippen LogP contribution in [0.5, 0.6) is 0 Å². The highest BCUT2D eigenvalue weighted by molar-refractivity contribution is 7.13. The molecule has 0 saturated carbocycles. The minimum atomic E-state index is 0.562. The summed E-state index contributed by atoms with van der Waals surface area (Å²) < 4.78 is 0. The first-order valence-electron chi connectivity index (χ1n) is 8.24. The van der Waals surface area contributed by atoms with Gasteiger partial charge in [0, 0.05) is 37.4 Å². The maximum absolute atomic E-state index is 4.65. The second-order valence-electron chi connectivity index (χ2n) is 5.98. The van der Waals surface area contributed by atoms with E-state index in [2.05, 4.69) is 57.4 Å². The number of hydrogen-bond acceptors (Lipinski definition) is 5. The Bertz CT molecular complexity index is 619. The number of nitrogens with one attached hydrogen (secondary N) is 2. The average Bonchev–Trinajstić information content (AvgIpc) is 3.21. The molecule has 1 atom stereocenters.